The van der Waals surface area contributed by atoms with Gasteiger partial charge < -0.3 is 9.84 Å². The van der Waals surface area contributed by atoms with E-state index in [4.69, 9.17) is 0 Å². The van der Waals surface area contributed by atoms with Crippen LogP contribution in [0.2, 0.25) is 0 Å². The third-order valence-electron chi connectivity index (χ3n) is 2.46. The van der Waals surface area contributed by atoms with E-state index in [1.54, 1.807) is 0 Å². The van der Waals surface area contributed by atoms with Crippen molar-refractivity contribution < 1.29 is 23.4 Å². The zero-order valence-electron chi connectivity index (χ0n) is 10.7. The van der Waals surface area contributed by atoms with Gasteiger partial charge in [0.15, 0.2) is 0 Å². The molecule has 1 N–H and O–H groups in total. The first-order valence-corrected chi connectivity index (χ1v) is 5.32. The second-order valence-corrected chi connectivity index (χ2v) is 3.68. The van der Waals surface area contributed by atoms with Crippen molar-refractivity contribution in [3.63, 3.8) is 0 Å². The zero-order chi connectivity index (χ0) is 14.6. The molecule has 6 heteroatoms. The third kappa shape index (κ3) is 3.37. The van der Waals surface area contributed by atoms with Crippen LogP contribution in [0.5, 0.6) is 0 Å². The number of hydrogen-bond acceptors (Lipinski definition) is 4. The Bertz CT molecular complexity index is 545. The number of ether oxygens (including phenoxy) is 1. The minimum Gasteiger partial charge on any atom is -0.506 e. The number of aliphatic hydroxyl groups is 1. The highest BCUT2D eigenvalue weighted by atomic mass is 19.1. The molecule has 0 unspecified atom stereocenters. The summed E-state index contributed by atoms with van der Waals surface area (Å²) in [6.07, 6.45) is 0. The lowest BCUT2D eigenvalue weighted by Gasteiger charge is -2.09. The van der Waals surface area contributed by atoms with Crippen molar-refractivity contribution >= 4 is 17.4 Å². The van der Waals surface area contributed by atoms with Crippen LogP contribution in [0.1, 0.15) is 12.5 Å². The van der Waals surface area contributed by atoms with Crippen LogP contribution in [0.15, 0.2) is 28.8 Å². The van der Waals surface area contributed by atoms with Gasteiger partial charge in [0.05, 0.1) is 7.11 Å². The SMILES string of the molecule is CN=C(C)C(C(=O)OC)=C(O)c1cc(F)cc(F)c1. The molecular formula is C13H13F2NO3. The molecule has 0 heterocycles. The lowest BCUT2D eigenvalue weighted by atomic mass is 10.0. The summed E-state index contributed by atoms with van der Waals surface area (Å²) in [6, 6.07) is 2.48. The van der Waals surface area contributed by atoms with Crippen molar-refractivity contribution in [2.24, 2.45) is 4.99 Å². The molecule has 0 atom stereocenters. The minimum atomic E-state index is -0.864. The van der Waals surface area contributed by atoms with E-state index in [0.29, 0.717) is 6.07 Å². The normalized spacial score (nSPS) is 13.0. The van der Waals surface area contributed by atoms with E-state index in [1.165, 1.54) is 14.0 Å². The average molecular weight is 269 g/mol. The van der Waals surface area contributed by atoms with Crippen LogP contribution < -0.4 is 0 Å². The molecule has 19 heavy (non-hydrogen) atoms. The topological polar surface area (TPSA) is 58.9 Å². The molecule has 0 aliphatic heterocycles. The predicted octanol–water partition coefficient (Wildman–Crippen LogP) is 2.50. The maximum atomic E-state index is 13.1. The Hall–Kier alpha value is -2.24. The number of nitrogens with zero attached hydrogens (tertiary/aromatic N) is 1. The van der Waals surface area contributed by atoms with E-state index in [1.807, 2.05) is 0 Å². The first-order chi connectivity index (χ1) is 8.90. The lowest BCUT2D eigenvalue weighted by Crippen LogP contribution is -2.14. The number of carbonyl (C=O) groups is 1. The van der Waals surface area contributed by atoms with E-state index in [0.717, 1.165) is 19.2 Å². The lowest BCUT2D eigenvalue weighted by molar-refractivity contribution is -0.135. The van der Waals surface area contributed by atoms with Gasteiger partial charge in [0.25, 0.3) is 0 Å². The standard InChI is InChI=1S/C13H13F2NO3/c1-7(16-2)11(13(18)19-3)12(17)8-4-9(14)6-10(15)5-8/h4-6,17H,1-3H3. The highest BCUT2D eigenvalue weighted by Gasteiger charge is 2.20. The number of benzene rings is 1. The Kier molecular flexibility index (Phi) is 4.74. The molecule has 0 amide bonds. The fourth-order valence-corrected chi connectivity index (χ4v) is 1.46. The smallest absolute Gasteiger partial charge is 0.343 e. The number of aliphatic imine (C=N–C) groups is 1. The number of halogens is 2. The Morgan fingerprint density at radius 2 is 1.79 bits per heavy atom. The van der Waals surface area contributed by atoms with Crippen LogP contribution in [0.3, 0.4) is 0 Å². The second kappa shape index (κ2) is 6.08. The molecule has 0 aliphatic rings. The Morgan fingerprint density at radius 3 is 2.21 bits per heavy atom. The molecule has 0 radical (unpaired) electrons. The molecule has 0 aromatic heterocycles. The summed E-state index contributed by atoms with van der Waals surface area (Å²) >= 11 is 0. The van der Waals surface area contributed by atoms with Crippen molar-refractivity contribution in [1.82, 2.24) is 0 Å². The van der Waals surface area contributed by atoms with Gasteiger partial charge in [0.1, 0.15) is 23.0 Å². The van der Waals surface area contributed by atoms with Crippen molar-refractivity contribution in [2.75, 3.05) is 14.2 Å². The Labute approximate surface area is 109 Å². The molecule has 1 rings (SSSR count). The fourth-order valence-electron chi connectivity index (χ4n) is 1.46. The van der Waals surface area contributed by atoms with Gasteiger partial charge in [-0.3, -0.25) is 4.99 Å². The third-order valence-corrected chi connectivity index (χ3v) is 2.46. The van der Waals surface area contributed by atoms with Gasteiger partial charge in [-0.1, -0.05) is 0 Å². The molecule has 4 nitrogen and oxygen atoms in total. The number of rotatable bonds is 3. The maximum absolute atomic E-state index is 13.1. The quantitative estimate of drug-likeness (QED) is 0.397. The Balaban J connectivity index is 3.48. The molecule has 0 saturated heterocycles. The first kappa shape index (κ1) is 14.8. The van der Waals surface area contributed by atoms with Gasteiger partial charge in [0.2, 0.25) is 0 Å². The van der Waals surface area contributed by atoms with E-state index in [-0.39, 0.29) is 16.8 Å². The van der Waals surface area contributed by atoms with Crippen molar-refractivity contribution in [1.29, 1.82) is 0 Å². The highest BCUT2D eigenvalue weighted by Crippen LogP contribution is 2.20. The van der Waals surface area contributed by atoms with Crippen LogP contribution >= 0.6 is 0 Å². The number of methoxy groups -OCH3 is 1. The second-order valence-electron chi connectivity index (χ2n) is 3.68. The first-order valence-electron chi connectivity index (χ1n) is 5.32. The molecule has 102 valence electrons. The van der Waals surface area contributed by atoms with Gasteiger partial charge in [-0.15, -0.1) is 0 Å². The van der Waals surface area contributed by atoms with Crippen LogP contribution in [0.4, 0.5) is 8.78 Å². The van der Waals surface area contributed by atoms with Crippen molar-refractivity contribution in [2.45, 2.75) is 6.92 Å². The zero-order valence-corrected chi connectivity index (χ0v) is 10.7. The number of esters is 1. The summed E-state index contributed by atoms with van der Waals surface area (Å²) in [5.41, 5.74) is -0.218. The van der Waals surface area contributed by atoms with E-state index in [2.05, 4.69) is 9.73 Å². The fraction of sp³-hybridized carbons (Fsp3) is 0.231. The van der Waals surface area contributed by atoms with Gasteiger partial charge in [-0.05, 0) is 19.1 Å². The number of carbonyl (C=O) groups excluding carboxylic acids is 1. The van der Waals surface area contributed by atoms with Crippen LogP contribution in [-0.4, -0.2) is 30.9 Å². The average Bonchev–Trinajstić information content (AvgIpc) is 2.37. The van der Waals surface area contributed by atoms with Crippen LogP contribution in [0, 0.1) is 11.6 Å². The molecule has 0 spiro atoms. The van der Waals surface area contributed by atoms with E-state index in [9.17, 15) is 18.7 Å². The summed E-state index contributed by atoms with van der Waals surface area (Å²) in [5.74, 6) is -3.16. The summed E-state index contributed by atoms with van der Waals surface area (Å²) in [4.78, 5) is 15.3. The highest BCUT2D eigenvalue weighted by molar-refractivity contribution is 6.23. The summed E-state index contributed by atoms with van der Waals surface area (Å²) < 4.78 is 30.7. The molecule has 1 aromatic rings. The number of aliphatic hydroxyl groups excluding tert-OH is 1. The molecule has 0 saturated carbocycles. The molecule has 0 bridgehead atoms. The monoisotopic (exact) mass is 269 g/mol. The minimum absolute atomic E-state index is 0.166. The van der Waals surface area contributed by atoms with Gasteiger partial charge in [-0.2, -0.15) is 0 Å². The molecular weight excluding hydrogens is 256 g/mol. The Morgan fingerprint density at radius 1 is 1.26 bits per heavy atom. The molecule has 0 aliphatic carbocycles. The van der Waals surface area contributed by atoms with Crippen molar-refractivity contribution in [3.8, 4) is 0 Å². The molecule has 1 aromatic carbocycles. The van der Waals surface area contributed by atoms with Crippen LogP contribution in [-0.2, 0) is 9.53 Å². The number of hydrogen-bond donors (Lipinski definition) is 1. The summed E-state index contributed by atoms with van der Waals surface area (Å²) in [5, 5.41) is 10.00. The van der Waals surface area contributed by atoms with Gasteiger partial charge in [0, 0.05) is 24.4 Å². The van der Waals surface area contributed by atoms with Crippen molar-refractivity contribution in [3.05, 3.63) is 41.0 Å². The van der Waals surface area contributed by atoms with E-state index < -0.39 is 23.4 Å². The molecule has 0 fully saturated rings. The van der Waals surface area contributed by atoms with Gasteiger partial charge in [-0.25, -0.2) is 13.6 Å². The van der Waals surface area contributed by atoms with Gasteiger partial charge >= 0.3 is 5.97 Å². The summed E-state index contributed by atoms with van der Waals surface area (Å²) in [6.45, 7) is 1.47. The maximum Gasteiger partial charge on any atom is 0.343 e. The summed E-state index contributed by atoms with van der Waals surface area (Å²) in [7, 11) is 2.54. The van der Waals surface area contributed by atoms with E-state index >= 15 is 0 Å². The largest absolute Gasteiger partial charge is 0.506 e. The van der Waals surface area contributed by atoms with Crippen LogP contribution in [0.25, 0.3) is 5.76 Å². The predicted molar refractivity (Wildman–Crippen MR) is 67.0 cm³/mol.